The normalized spacial score (nSPS) is 11.1. The Morgan fingerprint density at radius 3 is 2.58 bits per heavy atom. The minimum absolute atomic E-state index is 0.192. The molecule has 1 aromatic rings. The largest absolute Gasteiger partial charge is 0.355 e. The Morgan fingerprint density at radius 1 is 1.37 bits per heavy atom. The minimum atomic E-state index is -3.48. The first-order valence-electron chi connectivity index (χ1n) is 6.15. The molecule has 0 aliphatic rings. The molecule has 19 heavy (non-hydrogen) atoms. The molecular formula is C13H20N2O3S. The van der Waals surface area contributed by atoms with E-state index in [-0.39, 0.29) is 12.5 Å². The van der Waals surface area contributed by atoms with Gasteiger partial charge in [-0.3, -0.25) is 9.10 Å². The Bertz CT molecular complexity index is 541. The van der Waals surface area contributed by atoms with Gasteiger partial charge in [0.1, 0.15) is 6.54 Å². The number of hydrogen-bond acceptors (Lipinski definition) is 3. The van der Waals surface area contributed by atoms with Crippen LogP contribution in [0.3, 0.4) is 0 Å². The van der Waals surface area contributed by atoms with Gasteiger partial charge in [-0.25, -0.2) is 8.42 Å². The predicted octanol–water partition coefficient (Wildman–Crippen LogP) is 1.29. The molecule has 0 heterocycles. The molecule has 0 fully saturated rings. The van der Waals surface area contributed by atoms with Crippen molar-refractivity contribution in [2.75, 3.05) is 23.7 Å². The lowest BCUT2D eigenvalue weighted by atomic mass is 10.2. The molecule has 106 valence electrons. The van der Waals surface area contributed by atoms with Gasteiger partial charge in [0, 0.05) is 6.54 Å². The van der Waals surface area contributed by atoms with E-state index in [9.17, 15) is 13.2 Å². The Hall–Kier alpha value is -1.56. The molecule has 1 rings (SSSR count). The smallest absolute Gasteiger partial charge is 0.240 e. The van der Waals surface area contributed by atoms with Crippen LogP contribution in [0.25, 0.3) is 0 Å². The number of aryl methyl sites for hydroxylation is 1. The molecule has 0 aromatic heterocycles. The SMILES string of the molecule is CCCNC(=O)CN(c1cccc(C)c1)S(C)(=O)=O. The summed E-state index contributed by atoms with van der Waals surface area (Å²) < 4.78 is 24.7. The number of sulfonamides is 1. The lowest BCUT2D eigenvalue weighted by molar-refractivity contribution is -0.119. The summed E-state index contributed by atoms with van der Waals surface area (Å²) >= 11 is 0. The highest BCUT2D eigenvalue weighted by Crippen LogP contribution is 2.18. The highest BCUT2D eigenvalue weighted by Gasteiger charge is 2.20. The van der Waals surface area contributed by atoms with Gasteiger partial charge in [-0.2, -0.15) is 0 Å². The predicted molar refractivity (Wildman–Crippen MR) is 76.7 cm³/mol. The van der Waals surface area contributed by atoms with Gasteiger partial charge in [0.15, 0.2) is 0 Å². The van der Waals surface area contributed by atoms with Crippen LogP contribution >= 0.6 is 0 Å². The van der Waals surface area contributed by atoms with E-state index >= 15 is 0 Å². The highest BCUT2D eigenvalue weighted by molar-refractivity contribution is 7.92. The number of carbonyl (C=O) groups excluding carboxylic acids is 1. The maximum Gasteiger partial charge on any atom is 0.240 e. The van der Waals surface area contributed by atoms with E-state index in [0.29, 0.717) is 12.2 Å². The van der Waals surface area contributed by atoms with Crippen LogP contribution in [0.2, 0.25) is 0 Å². The number of rotatable bonds is 6. The summed E-state index contributed by atoms with van der Waals surface area (Å²) in [6.07, 6.45) is 1.91. The number of nitrogens with zero attached hydrogens (tertiary/aromatic N) is 1. The molecule has 0 radical (unpaired) electrons. The van der Waals surface area contributed by atoms with Crippen molar-refractivity contribution < 1.29 is 13.2 Å². The molecule has 0 aliphatic carbocycles. The third-order valence-electron chi connectivity index (χ3n) is 2.55. The van der Waals surface area contributed by atoms with Crippen LogP contribution in [0.4, 0.5) is 5.69 Å². The maximum atomic E-state index is 11.8. The Morgan fingerprint density at radius 2 is 2.05 bits per heavy atom. The van der Waals surface area contributed by atoms with Crippen molar-refractivity contribution in [1.29, 1.82) is 0 Å². The van der Waals surface area contributed by atoms with Crippen LogP contribution in [0.5, 0.6) is 0 Å². The van der Waals surface area contributed by atoms with E-state index in [0.717, 1.165) is 22.5 Å². The van der Waals surface area contributed by atoms with Gasteiger partial charge in [-0.15, -0.1) is 0 Å². The first-order chi connectivity index (χ1) is 8.84. The van der Waals surface area contributed by atoms with Gasteiger partial charge in [0.2, 0.25) is 15.9 Å². The van der Waals surface area contributed by atoms with Crippen molar-refractivity contribution in [3.05, 3.63) is 29.8 Å². The zero-order chi connectivity index (χ0) is 14.5. The van der Waals surface area contributed by atoms with Gasteiger partial charge in [0.05, 0.1) is 11.9 Å². The number of nitrogens with one attached hydrogen (secondary N) is 1. The van der Waals surface area contributed by atoms with E-state index in [1.165, 1.54) is 0 Å². The van der Waals surface area contributed by atoms with Crippen molar-refractivity contribution >= 4 is 21.6 Å². The molecule has 0 spiro atoms. The molecule has 0 bridgehead atoms. The average Bonchev–Trinajstić information content (AvgIpc) is 2.32. The highest BCUT2D eigenvalue weighted by atomic mass is 32.2. The van der Waals surface area contributed by atoms with Crippen molar-refractivity contribution in [2.24, 2.45) is 0 Å². The second-order valence-corrected chi connectivity index (χ2v) is 6.37. The lowest BCUT2D eigenvalue weighted by Crippen LogP contribution is -2.40. The zero-order valence-corrected chi connectivity index (χ0v) is 12.3. The Kier molecular flexibility index (Phi) is 5.35. The van der Waals surface area contributed by atoms with E-state index in [2.05, 4.69) is 5.32 Å². The molecule has 1 aromatic carbocycles. The van der Waals surface area contributed by atoms with Crippen molar-refractivity contribution in [2.45, 2.75) is 20.3 Å². The van der Waals surface area contributed by atoms with E-state index < -0.39 is 10.0 Å². The Balaban J connectivity index is 2.94. The van der Waals surface area contributed by atoms with E-state index in [4.69, 9.17) is 0 Å². The van der Waals surface area contributed by atoms with Crippen molar-refractivity contribution in [3.63, 3.8) is 0 Å². The summed E-state index contributed by atoms with van der Waals surface area (Å²) in [6, 6.07) is 7.07. The second kappa shape index (κ2) is 6.56. The summed E-state index contributed by atoms with van der Waals surface area (Å²) in [7, 11) is -3.48. The second-order valence-electron chi connectivity index (χ2n) is 4.46. The molecule has 5 nitrogen and oxygen atoms in total. The summed E-state index contributed by atoms with van der Waals surface area (Å²) in [5.41, 5.74) is 1.45. The minimum Gasteiger partial charge on any atom is -0.355 e. The third kappa shape index (κ3) is 4.90. The van der Waals surface area contributed by atoms with Crippen LogP contribution in [0.1, 0.15) is 18.9 Å². The topological polar surface area (TPSA) is 66.5 Å². The fourth-order valence-electron chi connectivity index (χ4n) is 1.63. The molecule has 6 heteroatoms. The van der Waals surface area contributed by atoms with Gasteiger partial charge >= 0.3 is 0 Å². The van der Waals surface area contributed by atoms with E-state index in [1.54, 1.807) is 18.2 Å². The fourth-order valence-corrected chi connectivity index (χ4v) is 2.48. The van der Waals surface area contributed by atoms with Crippen LogP contribution in [-0.4, -0.2) is 33.7 Å². The summed E-state index contributed by atoms with van der Waals surface area (Å²) in [5.74, 6) is -0.297. The molecule has 0 saturated heterocycles. The number of anilines is 1. The quantitative estimate of drug-likeness (QED) is 0.856. The molecule has 0 unspecified atom stereocenters. The first kappa shape index (κ1) is 15.5. The number of amides is 1. The molecule has 0 saturated carbocycles. The molecule has 1 N–H and O–H groups in total. The summed E-state index contributed by atoms with van der Waals surface area (Å²) in [5, 5.41) is 2.67. The lowest BCUT2D eigenvalue weighted by Gasteiger charge is -2.22. The Labute approximate surface area is 114 Å². The van der Waals surface area contributed by atoms with Crippen LogP contribution in [-0.2, 0) is 14.8 Å². The monoisotopic (exact) mass is 284 g/mol. The van der Waals surface area contributed by atoms with Crippen molar-refractivity contribution in [3.8, 4) is 0 Å². The third-order valence-corrected chi connectivity index (χ3v) is 3.69. The number of carbonyl (C=O) groups is 1. The van der Waals surface area contributed by atoms with Crippen LogP contribution in [0, 0.1) is 6.92 Å². The van der Waals surface area contributed by atoms with Gasteiger partial charge in [-0.05, 0) is 31.0 Å². The van der Waals surface area contributed by atoms with Crippen LogP contribution < -0.4 is 9.62 Å². The van der Waals surface area contributed by atoms with E-state index in [1.807, 2.05) is 19.9 Å². The van der Waals surface area contributed by atoms with Gasteiger partial charge in [0.25, 0.3) is 0 Å². The summed E-state index contributed by atoms with van der Waals surface area (Å²) in [4.78, 5) is 11.7. The number of benzene rings is 1. The molecule has 0 aliphatic heterocycles. The van der Waals surface area contributed by atoms with Gasteiger partial charge < -0.3 is 5.32 Å². The fraction of sp³-hybridized carbons (Fsp3) is 0.462. The number of hydrogen-bond donors (Lipinski definition) is 1. The zero-order valence-electron chi connectivity index (χ0n) is 11.5. The summed E-state index contributed by atoms with van der Waals surface area (Å²) in [6.45, 7) is 4.17. The molecule has 0 atom stereocenters. The molecular weight excluding hydrogens is 264 g/mol. The first-order valence-corrected chi connectivity index (χ1v) is 8.00. The average molecular weight is 284 g/mol. The van der Waals surface area contributed by atoms with Crippen LogP contribution in [0.15, 0.2) is 24.3 Å². The van der Waals surface area contributed by atoms with Gasteiger partial charge in [-0.1, -0.05) is 19.1 Å². The maximum absolute atomic E-state index is 11.8. The van der Waals surface area contributed by atoms with Crippen molar-refractivity contribution in [1.82, 2.24) is 5.32 Å². The standard InChI is InChI=1S/C13H20N2O3S/c1-4-8-14-13(16)10-15(19(3,17)18)12-7-5-6-11(2)9-12/h5-7,9H,4,8,10H2,1-3H3,(H,14,16). The molecule has 1 amide bonds.